The van der Waals surface area contributed by atoms with Gasteiger partial charge in [-0.3, -0.25) is 4.79 Å². The molecule has 1 aliphatic rings. The summed E-state index contributed by atoms with van der Waals surface area (Å²) >= 11 is 0. The Morgan fingerprint density at radius 1 is 1.09 bits per heavy atom. The van der Waals surface area contributed by atoms with Crippen molar-refractivity contribution in [1.29, 1.82) is 0 Å². The second-order valence-electron chi connectivity index (χ2n) is 9.81. The summed E-state index contributed by atoms with van der Waals surface area (Å²) < 4.78 is 8.26. The van der Waals surface area contributed by atoms with Gasteiger partial charge in [-0.2, -0.15) is 0 Å². The quantitative estimate of drug-likeness (QED) is 0.444. The number of nitrogens with one attached hydrogen (secondary N) is 1. The van der Waals surface area contributed by atoms with Crippen LogP contribution in [0.3, 0.4) is 0 Å². The van der Waals surface area contributed by atoms with Crippen molar-refractivity contribution in [3.63, 3.8) is 0 Å². The van der Waals surface area contributed by atoms with Crippen LogP contribution in [0, 0.1) is 5.92 Å². The molecule has 2 aromatic carbocycles. The number of nitrogens with zero attached hydrogens (tertiary/aromatic N) is 2. The number of rotatable bonds is 10. The molecule has 0 radical (unpaired) electrons. The maximum Gasteiger partial charge on any atom is 0.223 e. The minimum atomic E-state index is 0.157. The number of aromatic nitrogens is 2. The number of ether oxygens (including phenoxy) is 1. The van der Waals surface area contributed by atoms with Crippen molar-refractivity contribution in [2.24, 2.45) is 5.92 Å². The molecule has 0 aliphatic heterocycles. The zero-order chi connectivity index (χ0) is 22.6. The van der Waals surface area contributed by atoms with Crippen LogP contribution < -0.4 is 10.1 Å². The van der Waals surface area contributed by atoms with Gasteiger partial charge in [0.05, 0.1) is 17.6 Å². The molecule has 1 aliphatic carbocycles. The van der Waals surface area contributed by atoms with Gasteiger partial charge in [-0.15, -0.1) is 0 Å². The van der Waals surface area contributed by atoms with Crippen LogP contribution in [0.25, 0.3) is 11.0 Å². The Morgan fingerprint density at radius 2 is 1.84 bits per heavy atom. The molecule has 3 aromatic rings. The highest BCUT2D eigenvalue weighted by atomic mass is 16.5. The smallest absolute Gasteiger partial charge is 0.223 e. The third kappa shape index (κ3) is 5.70. The zero-order valence-electron chi connectivity index (χ0n) is 19.6. The zero-order valence-corrected chi connectivity index (χ0v) is 19.6. The maximum atomic E-state index is 11.9. The first-order valence-corrected chi connectivity index (χ1v) is 11.9. The van der Waals surface area contributed by atoms with Crippen LogP contribution in [-0.2, 0) is 23.2 Å². The van der Waals surface area contributed by atoms with E-state index in [0.29, 0.717) is 13.2 Å². The summed E-state index contributed by atoms with van der Waals surface area (Å²) in [6, 6.07) is 16.7. The van der Waals surface area contributed by atoms with E-state index in [-0.39, 0.29) is 17.2 Å². The van der Waals surface area contributed by atoms with Crippen molar-refractivity contribution in [2.75, 3.05) is 13.2 Å². The summed E-state index contributed by atoms with van der Waals surface area (Å²) in [5, 5.41) is 3.06. The number of hydrogen-bond acceptors (Lipinski definition) is 3. The monoisotopic (exact) mass is 433 g/mol. The van der Waals surface area contributed by atoms with Gasteiger partial charge in [0.15, 0.2) is 0 Å². The lowest BCUT2D eigenvalue weighted by molar-refractivity contribution is -0.122. The van der Waals surface area contributed by atoms with Gasteiger partial charge < -0.3 is 14.6 Å². The second-order valence-corrected chi connectivity index (χ2v) is 9.81. The highest BCUT2D eigenvalue weighted by Crippen LogP contribution is 2.28. The molecule has 4 rings (SSSR count). The highest BCUT2D eigenvalue weighted by Gasteiger charge is 2.29. The summed E-state index contributed by atoms with van der Waals surface area (Å²) in [6.45, 7) is 8.91. The number of imidazole rings is 1. The van der Waals surface area contributed by atoms with Crippen molar-refractivity contribution >= 4 is 16.9 Å². The van der Waals surface area contributed by atoms with Crippen LogP contribution in [0.4, 0.5) is 0 Å². The van der Waals surface area contributed by atoms with Gasteiger partial charge in [0.25, 0.3) is 0 Å². The van der Waals surface area contributed by atoms with Gasteiger partial charge in [0, 0.05) is 25.4 Å². The van der Waals surface area contributed by atoms with E-state index in [1.54, 1.807) is 0 Å². The van der Waals surface area contributed by atoms with Crippen LogP contribution in [0.5, 0.6) is 5.75 Å². The Balaban J connectivity index is 1.28. The predicted molar refractivity (Wildman–Crippen MR) is 129 cm³/mol. The Morgan fingerprint density at radius 3 is 2.56 bits per heavy atom. The van der Waals surface area contributed by atoms with Crippen molar-refractivity contribution in [1.82, 2.24) is 14.9 Å². The second kappa shape index (κ2) is 9.76. The molecule has 5 nitrogen and oxygen atoms in total. The van der Waals surface area contributed by atoms with E-state index in [0.717, 1.165) is 61.3 Å². The fourth-order valence-corrected chi connectivity index (χ4v) is 3.97. The first-order chi connectivity index (χ1) is 15.4. The van der Waals surface area contributed by atoms with E-state index < -0.39 is 0 Å². The summed E-state index contributed by atoms with van der Waals surface area (Å²) in [5.41, 5.74) is 3.66. The van der Waals surface area contributed by atoms with E-state index in [4.69, 9.17) is 9.72 Å². The number of carbonyl (C=O) groups is 1. The lowest BCUT2D eigenvalue weighted by atomic mass is 9.87. The van der Waals surface area contributed by atoms with Gasteiger partial charge in [-0.25, -0.2) is 4.98 Å². The van der Waals surface area contributed by atoms with E-state index in [1.165, 1.54) is 5.56 Å². The van der Waals surface area contributed by atoms with Gasteiger partial charge in [-0.1, -0.05) is 45.0 Å². The molecular formula is C27H35N3O2. The first kappa shape index (κ1) is 22.4. The van der Waals surface area contributed by atoms with E-state index in [1.807, 2.05) is 6.07 Å². The molecule has 0 bridgehead atoms. The fraction of sp³-hybridized carbons (Fsp3) is 0.481. The molecule has 1 saturated carbocycles. The molecule has 1 amide bonds. The topological polar surface area (TPSA) is 56.1 Å². The average molecular weight is 434 g/mol. The SMILES string of the molecule is CC(C)(C)c1ccc(OCCCCn2c(CCNC(=O)C3CC3)nc3ccccc32)cc1. The van der Waals surface area contributed by atoms with Gasteiger partial charge >= 0.3 is 0 Å². The van der Waals surface area contributed by atoms with Gasteiger partial charge in [-0.05, 0) is 60.9 Å². The van der Waals surface area contributed by atoms with Gasteiger partial charge in [0.2, 0.25) is 5.91 Å². The molecule has 0 spiro atoms. The lowest BCUT2D eigenvalue weighted by Gasteiger charge is -2.19. The van der Waals surface area contributed by atoms with Crippen molar-refractivity contribution in [3.8, 4) is 5.75 Å². The normalized spacial score (nSPS) is 14.0. The number of carbonyl (C=O) groups excluding carboxylic acids is 1. The summed E-state index contributed by atoms with van der Waals surface area (Å²) in [5.74, 6) is 2.41. The van der Waals surface area contributed by atoms with Crippen LogP contribution in [0.15, 0.2) is 48.5 Å². The molecule has 1 aromatic heterocycles. The van der Waals surface area contributed by atoms with E-state index in [9.17, 15) is 4.79 Å². The molecule has 170 valence electrons. The molecule has 1 fully saturated rings. The highest BCUT2D eigenvalue weighted by molar-refractivity contribution is 5.80. The fourth-order valence-electron chi connectivity index (χ4n) is 3.97. The summed E-state index contributed by atoms with van der Waals surface area (Å²) in [7, 11) is 0. The van der Waals surface area contributed by atoms with Crippen LogP contribution in [-0.4, -0.2) is 28.6 Å². The average Bonchev–Trinajstić information content (AvgIpc) is 3.56. The number of para-hydroxylation sites is 2. The predicted octanol–water partition coefficient (Wildman–Crippen LogP) is 5.26. The molecule has 0 atom stereocenters. The summed E-state index contributed by atoms with van der Waals surface area (Å²) in [4.78, 5) is 16.8. The third-order valence-corrected chi connectivity index (χ3v) is 6.09. The Labute approximate surface area is 191 Å². The van der Waals surface area contributed by atoms with E-state index >= 15 is 0 Å². The van der Waals surface area contributed by atoms with Crippen molar-refractivity contribution < 1.29 is 9.53 Å². The lowest BCUT2D eigenvalue weighted by Crippen LogP contribution is -2.27. The molecule has 0 unspecified atom stereocenters. The largest absolute Gasteiger partial charge is 0.494 e. The number of amides is 1. The van der Waals surface area contributed by atoms with Crippen molar-refractivity contribution in [2.45, 2.75) is 64.8 Å². The van der Waals surface area contributed by atoms with Crippen molar-refractivity contribution in [3.05, 3.63) is 59.9 Å². The molecule has 0 saturated heterocycles. The van der Waals surface area contributed by atoms with Crippen LogP contribution in [0.1, 0.15) is 57.8 Å². The first-order valence-electron chi connectivity index (χ1n) is 11.9. The third-order valence-electron chi connectivity index (χ3n) is 6.09. The Hall–Kier alpha value is -2.82. The molecule has 5 heteroatoms. The molecule has 1 heterocycles. The Kier molecular flexibility index (Phi) is 6.83. The minimum absolute atomic E-state index is 0.157. The number of benzene rings is 2. The molecule has 32 heavy (non-hydrogen) atoms. The molecule has 1 N–H and O–H groups in total. The summed E-state index contributed by atoms with van der Waals surface area (Å²) in [6.07, 6.45) is 4.82. The maximum absolute atomic E-state index is 11.9. The minimum Gasteiger partial charge on any atom is -0.494 e. The number of unbranched alkanes of at least 4 members (excludes halogenated alkanes) is 1. The van der Waals surface area contributed by atoms with Crippen LogP contribution in [0.2, 0.25) is 0 Å². The number of hydrogen-bond donors (Lipinski definition) is 1. The standard InChI is InChI=1S/C27H35N3O2/c1-27(2,3)21-12-14-22(15-13-21)32-19-7-6-18-30-24-9-5-4-8-23(24)29-25(30)16-17-28-26(31)20-10-11-20/h4-5,8-9,12-15,20H,6-7,10-11,16-19H2,1-3H3,(H,28,31). The molecular weight excluding hydrogens is 398 g/mol. The van der Waals surface area contributed by atoms with Gasteiger partial charge in [0.1, 0.15) is 11.6 Å². The Bertz CT molecular complexity index is 1040. The number of aryl methyl sites for hydroxylation is 1. The van der Waals surface area contributed by atoms with Crippen LogP contribution >= 0.6 is 0 Å². The van der Waals surface area contributed by atoms with E-state index in [2.05, 4.69) is 73.1 Å². The number of fused-ring (bicyclic) bond motifs is 1.